The van der Waals surface area contributed by atoms with Crippen LogP contribution in [-0.2, 0) is 17.8 Å². The highest BCUT2D eigenvalue weighted by Crippen LogP contribution is 2.33. The van der Waals surface area contributed by atoms with E-state index in [0.717, 1.165) is 34.6 Å². The highest BCUT2D eigenvalue weighted by Gasteiger charge is 2.23. The van der Waals surface area contributed by atoms with E-state index >= 15 is 0 Å². The number of nitrogens with zero attached hydrogens (tertiary/aromatic N) is 1. The molecule has 1 aliphatic rings. The smallest absolute Gasteiger partial charge is 0.260 e. The summed E-state index contributed by atoms with van der Waals surface area (Å²) in [5, 5.41) is 0. The molecule has 0 spiro atoms. The third-order valence-electron chi connectivity index (χ3n) is 5.21. The Morgan fingerprint density at radius 1 is 1.04 bits per heavy atom. The van der Waals surface area contributed by atoms with Crippen LogP contribution in [0, 0.1) is 6.92 Å². The maximum absolute atomic E-state index is 12.8. The number of carbonyl (C=O) groups excluding carboxylic acids is 1. The Hall–Kier alpha value is -2.69. The zero-order valence-electron chi connectivity index (χ0n) is 17.4. The number of carbonyl (C=O) groups is 1. The number of fused-ring (bicyclic) bond motifs is 1. The van der Waals surface area contributed by atoms with Gasteiger partial charge in [-0.15, -0.1) is 0 Å². The van der Waals surface area contributed by atoms with E-state index in [4.69, 9.17) is 14.2 Å². The fourth-order valence-corrected chi connectivity index (χ4v) is 3.57. The standard InChI is InChI=1S/C23H29NO4/c1-15(2)19-7-6-16(3)10-20(19)28-14-23(25)24-9-8-17-11-21(26-4)22(27-5)12-18(17)13-24/h6-7,10-12,15H,8-9,13-14H2,1-5H3. The Morgan fingerprint density at radius 2 is 1.71 bits per heavy atom. The Bertz CT molecular complexity index is 860. The van der Waals surface area contributed by atoms with E-state index in [1.54, 1.807) is 14.2 Å². The molecule has 2 aromatic rings. The van der Waals surface area contributed by atoms with Crippen molar-refractivity contribution in [3.05, 3.63) is 52.6 Å². The van der Waals surface area contributed by atoms with Crippen molar-refractivity contribution in [2.75, 3.05) is 27.4 Å². The van der Waals surface area contributed by atoms with Crippen molar-refractivity contribution >= 4 is 5.91 Å². The molecular weight excluding hydrogens is 354 g/mol. The molecule has 0 fully saturated rings. The lowest BCUT2D eigenvalue weighted by atomic mass is 9.98. The predicted octanol–water partition coefficient (Wildman–Crippen LogP) is 4.10. The zero-order valence-corrected chi connectivity index (χ0v) is 17.4. The average molecular weight is 383 g/mol. The molecular formula is C23H29NO4. The number of hydrogen-bond donors (Lipinski definition) is 0. The second-order valence-corrected chi connectivity index (χ2v) is 7.53. The number of methoxy groups -OCH3 is 2. The SMILES string of the molecule is COc1cc2c(cc1OC)CN(C(=O)COc1cc(C)ccc1C(C)C)CC2. The van der Waals surface area contributed by atoms with Crippen molar-refractivity contribution in [2.45, 2.75) is 39.7 Å². The lowest BCUT2D eigenvalue weighted by Crippen LogP contribution is -2.38. The van der Waals surface area contributed by atoms with Gasteiger partial charge in [0.2, 0.25) is 0 Å². The minimum absolute atomic E-state index is 0.00310. The Morgan fingerprint density at radius 3 is 2.36 bits per heavy atom. The van der Waals surface area contributed by atoms with E-state index in [-0.39, 0.29) is 12.5 Å². The topological polar surface area (TPSA) is 48.0 Å². The minimum Gasteiger partial charge on any atom is -0.493 e. The molecule has 0 unspecified atom stereocenters. The highest BCUT2D eigenvalue weighted by atomic mass is 16.5. The Labute approximate surface area is 167 Å². The fraction of sp³-hybridized carbons (Fsp3) is 0.435. The van der Waals surface area contributed by atoms with Crippen molar-refractivity contribution in [1.29, 1.82) is 0 Å². The summed E-state index contributed by atoms with van der Waals surface area (Å²) in [4.78, 5) is 14.6. The summed E-state index contributed by atoms with van der Waals surface area (Å²) >= 11 is 0. The second kappa shape index (κ2) is 8.55. The van der Waals surface area contributed by atoms with Crippen LogP contribution in [0.5, 0.6) is 17.2 Å². The molecule has 5 heteroatoms. The molecule has 0 saturated heterocycles. The monoisotopic (exact) mass is 383 g/mol. The number of aryl methyl sites for hydroxylation is 1. The van der Waals surface area contributed by atoms with E-state index in [0.29, 0.717) is 24.8 Å². The third kappa shape index (κ3) is 4.24. The van der Waals surface area contributed by atoms with E-state index in [1.807, 2.05) is 30.0 Å². The second-order valence-electron chi connectivity index (χ2n) is 7.53. The lowest BCUT2D eigenvalue weighted by Gasteiger charge is -2.29. The summed E-state index contributed by atoms with van der Waals surface area (Å²) in [6.07, 6.45) is 0.795. The van der Waals surface area contributed by atoms with Crippen molar-refractivity contribution in [2.24, 2.45) is 0 Å². The maximum Gasteiger partial charge on any atom is 0.260 e. The van der Waals surface area contributed by atoms with Crippen LogP contribution in [0.1, 0.15) is 42.0 Å². The minimum atomic E-state index is -0.00310. The molecule has 150 valence electrons. The molecule has 2 aromatic carbocycles. The number of ether oxygens (including phenoxy) is 3. The molecule has 1 heterocycles. The van der Waals surface area contributed by atoms with Crippen molar-refractivity contribution in [3.8, 4) is 17.2 Å². The van der Waals surface area contributed by atoms with Crippen LogP contribution in [0.4, 0.5) is 0 Å². The summed E-state index contributed by atoms with van der Waals surface area (Å²) < 4.78 is 16.7. The van der Waals surface area contributed by atoms with Gasteiger partial charge in [0.05, 0.1) is 14.2 Å². The van der Waals surface area contributed by atoms with Crippen LogP contribution in [0.3, 0.4) is 0 Å². The molecule has 5 nitrogen and oxygen atoms in total. The van der Waals surface area contributed by atoms with Crippen LogP contribution < -0.4 is 14.2 Å². The molecule has 1 amide bonds. The lowest BCUT2D eigenvalue weighted by molar-refractivity contribution is -0.134. The first-order valence-corrected chi connectivity index (χ1v) is 9.67. The van der Waals surface area contributed by atoms with Gasteiger partial charge < -0.3 is 19.1 Å². The van der Waals surface area contributed by atoms with E-state index in [2.05, 4.69) is 26.0 Å². The highest BCUT2D eigenvalue weighted by molar-refractivity contribution is 5.78. The van der Waals surface area contributed by atoms with Crippen LogP contribution >= 0.6 is 0 Å². The van der Waals surface area contributed by atoms with Gasteiger partial charge in [-0.2, -0.15) is 0 Å². The number of hydrogen-bond acceptors (Lipinski definition) is 4. The van der Waals surface area contributed by atoms with Gasteiger partial charge in [0.1, 0.15) is 5.75 Å². The summed E-state index contributed by atoms with van der Waals surface area (Å²) in [7, 11) is 3.26. The summed E-state index contributed by atoms with van der Waals surface area (Å²) in [6.45, 7) is 7.57. The molecule has 0 aliphatic carbocycles. The van der Waals surface area contributed by atoms with Crippen molar-refractivity contribution < 1.29 is 19.0 Å². The van der Waals surface area contributed by atoms with Gasteiger partial charge in [-0.25, -0.2) is 0 Å². The van der Waals surface area contributed by atoms with Gasteiger partial charge in [-0.1, -0.05) is 26.0 Å². The van der Waals surface area contributed by atoms with E-state index in [1.165, 1.54) is 5.56 Å². The van der Waals surface area contributed by atoms with Crippen LogP contribution in [0.15, 0.2) is 30.3 Å². The van der Waals surface area contributed by atoms with Gasteiger partial charge in [0.15, 0.2) is 18.1 Å². The van der Waals surface area contributed by atoms with Crippen molar-refractivity contribution in [3.63, 3.8) is 0 Å². The van der Waals surface area contributed by atoms with Gasteiger partial charge >= 0.3 is 0 Å². The molecule has 0 aromatic heterocycles. The molecule has 0 radical (unpaired) electrons. The summed E-state index contributed by atoms with van der Waals surface area (Å²) in [6, 6.07) is 10.1. The molecule has 3 rings (SSSR count). The van der Waals surface area contributed by atoms with Crippen molar-refractivity contribution in [1.82, 2.24) is 4.90 Å². The number of rotatable bonds is 6. The average Bonchev–Trinajstić information content (AvgIpc) is 2.70. The van der Waals surface area contributed by atoms with E-state index < -0.39 is 0 Å². The zero-order chi connectivity index (χ0) is 20.3. The quantitative estimate of drug-likeness (QED) is 0.754. The summed E-state index contributed by atoms with van der Waals surface area (Å²) in [5.41, 5.74) is 4.54. The molecule has 1 aliphatic heterocycles. The predicted molar refractivity (Wildman–Crippen MR) is 109 cm³/mol. The molecule has 0 bridgehead atoms. The largest absolute Gasteiger partial charge is 0.493 e. The summed E-state index contributed by atoms with van der Waals surface area (Å²) in [5.74, 6) is 2.55. The van der Waals surface area contributed by atoms with E-state index in [9.17, 15) is 4.79 Å². The molecule has 0 N–H and O–H groups in total. The van der Waals surface area contributed by atoms with Crippen LogP contribution in [-0.4, -0.2) is 38.2 Å². The number of benzene rings is 2. The number of amides is 1. The Balaban J connectivity index is 1.69. The first-order valence-electron chi connectivity index (χ1n) is 9.67. The third-order valence-corrected chi connectivity index (χ3v) is 5.21. The van der Waals surface area contributed by atoms with Gasteiger partial charge in [-0.3, -0.25) is 4.79 Å². The van der Waals surface area contributed by atoms with Gasteiger partial charge in [-0.05, 0) is 59.7 Å². The molecule has 28 heavy (non-hydrogen) atoms. The fourth-order valence-electron chi connectivity index (χ4n) is 3.57. The first-order chi connectivity index (χ1) is 13.4. The van der Waals surface area contributed by atoms with Gasteiger partial charge in [0.25, 0.3) is 5.91 Å². The van der Waals surface area contributed by atoms with Crippen LogP contribution in [0.2, 0.25) is 0 Å². The maximum atomic E-state index is 12.8. The normalized spacial score (nSPS) is 13.3. The molecule has 0 saturated carbocycles. The Kier molecular flexibility index (Phi) is 6.12. The van der Waals surface area contributed by atoms with Gasteiger partial charge in [0, 0.05) is 13.1 Å². The van der Waals surface area contributed by atoms with Crippen LogP contribution in [0.25, 0.3) is 0 Å². The molecule has 0 atom stereocenters. The first kappa shape index (κ1) is 20.1.